The van der Waals surface area contributed by atoms with Gasteiger partial charge in [-0.2, -0.15) is 0 Å². The second kappa shape index (κ2) is 7.09. The maximum absolute atomic E-state index is 12.4. The zero-order valence-corrected chi connectivity index (χ0v) is 13.8. The summed E-state index contributed by atoms with van der Waals surface area (Å²) < 4.78 is 27.6. The lowest BCUT2D eigenvalue weighted by molar-refractivity contribution is 0.282. The molecule has 2 N–H and O–H groups in total. The Morgan fingerprint density at radius 3 is 2.57 bits per heavy atom. The quantitative estimate of drug-likeness (QED) is 0.871. The Hall–Kier alpha value is -0.620. The number of hydrogen-bond donors (Lipinski definition) is 2. The van der Waals surface area contributed by atoms with E-state index in [4.69, 9.17) is 16.7 Å². The molecule has 1 unspecified atom stereocenters. The molecule has 0 heterocycles. The van der Waals surface area contributed by atoms with Crippen LogP contribution in [0.1, 0.15) is 44.6 Å². The monoisotopic (exact) mass is 331 g/mol. The Bertz CT molecular complexity index is 583. The molecule has 1 saturated carbocycles. The molecule has 118 valence electrons. The van der Waals surface area contributed by atoms with Crippen LogP contribution in [0.15, 0.2) is 23.1 Å². The van der Waals surface area contributed by atoms with E-state index < -0.39 is 10.0 Å². The van der Waals surface area contributed by atoms with Gasteiger partial charge in [-0.05, 0) is 43.4 Å². The number of hydrogen-bond acceptors (Lipinski definition) is 3. The van der Waals surface area contributed by atoms with E-state index in [1.165, 1.54) is 31.4 Å². The summed E-state index contributed by atoms with van der Waals surface area (Å²) >= 11 is 5.97. The zero-order chi connectivity index (χ0) is 15.5. The van der Waals surface area contributed by atoms with Gasteiger partial charge in [-0.3, -0.25) is 0 Å². The molecule has 1 aromatic carbocycles. The Labute approximate surface area is 131 Å². The first-order valence-corrected chi connectivity index (χ1v) is 9.22. The molecular formula is C15H22ClNO3S. The van der Waals surface area contributed by atoms with E-state index in [1.807, 2.05) is 6.92 Å². The van der Waals surface area contributed by atoms with Crippen molar-refractivity contribution in [3.63, 3.8) is 0 Å². The minimum absolute atomic E-state index is 0.0772. The van der Waals surface area contributed by atoms with E-state index in [0.717, 1.165) is 12.8 Å². The predicted molar refractivity (Wildman–Crippen MR) is 83.7 cm³/mol. The Morgan fingerprint density at radius 2 is 2.00 bits per heavy atom. The molecule has 0 aliphatic heterocycles. The van der Waals surface area contributed by atoms with Gasteiger partial charge in [-0.1, -0.05) is 36.9 Å². The number of sulfonamides is 1. The maximum Gasteiger partial charge on any atom is 0.240 e. The zero-order valence-electron chi connectivity index (χ0n) is 12.2. The van der Waals surface area contributed by atoms with Crippen LogP contribution in [0.4, 0.5) is 0 Å². The van der Waals surface area contributed by atoms with E-state index in [0.29, 0.717) is 11.5 Å². The standard InChI is InChI=1S/C15H22ClNO3S/c1-11(12-5-3-2-4-6-12)17-21(19,20)14-8-7-13(10-18)15(16)9-14/h7-9,11-12,17-18H,2-6,10H2,1H3. The average Bonchev–Trinajstić information content (AvgIpc) is 2.47. The SMILES string of the molecule is CC(NS(=O)(=O)c1ccc(CO)c(Cl)c1)C1CCCCC1. The van der Waals surface area contributed by atoms with Crippen LogP contribution < -0.4 is 4.72 Å². The van der Waals surface area contributed by atoms with Crippen molar-refractivity contribution in [1.82, 2.24) is 4.72 Å². The molecule has 0 amide bonds. The first-order chi connectivity index (χ1) is 9.94. The highest BCUT2D eigenvalue weighted by molar-refractivity contribution is 7.89. The molecule has 2 rings (SSSR count). The van der Waals surface area contributed by atoms with E-state index in [1.54, 1.807) is 6.07 Å². The van der Waals surface area contributed by atoms with Crippen molar-refractivity contribution in [3.8, 4) is 0 Å². The molecule has 1 aromatic rings. The van der Waals surface area contributed by atoms with Crippen LogP contribution >= 0.6 is 11.6 Å². The first-order valence-electron chi connectivity index (χ1n) is 7.35. The Kier molecular flexibility index (Phi) is 5.66. The summed E-state index contributed by atoms with van der Waals surface area (Å²) in [6, 6.07) is 4.34. The van der Waals surface area contributed by atoms with Gasteiger partial charge in [0, 0.05) is 11.1 Å². The molecule has 6 heteroatoms. The average molecular weight is 332 g/mol. The van der Waals surface area contributed by atoms with Gasteiger partial charge < -0.3 is 5.11 Å². The van der Waals surface area contributed by atoms with Crippen LogP contribution in [0.25, 0.3) is 0 Å². The summed E-state index contributed by atoms with van der Waals surface area (Å²) in [6.07, 6.45) is 5.75. The van der Waals surface area contributed by atoms with Gasteiger partial charge in [-0.25, -0.2) is 13.1 Å². The third-order valence-electron chi connectivity index (χ3n) is 4.20. The van der Waals surface area contributed by atoms with Crippen molar-refractivity contribution in [2.45, 2.75) is 56.6 Å². The summed E-state index contributed by atoms with van der Waals surface area (Å²) in [5, 5.41) is 9.35. The van der Waals surface area contributed by atoms with E-state index in [2.05, 4.69) is 4.72 Å². The van der Waals surface area contributed by atoms with E-state index in [9.17, 15) is 8.42 Å². The molecule has 1 fully saturated rings. The topological polar surface area (TPSA) is 66.4 Å². The summed E-state index contributed by atoms with van der Waals surface area (Å²) in [4.78, 5) is 0.146. The van der Waals surface area contributed by atoms with Crippen molar-refractivity contribution in [2.75, 3.05) is 0 Å². The normalized spacial score (nSPS) is 18.6. The molecule has 1 aliphatic carbocycles. The van der Waals surface area contributed by atoms with Gasteiger partial charge in [0.05, 0.1) is 11.5 Å². The van der Waals surface area contributed by atoms with Crippen molar-refractivity contribution in [2.24, 2.45) is 5.92 Å². The highest BCUT2D eigenvalue weighted by atomic mass is 35.5. The van der Waals surface area contributed by atoms with Crippen LogP contribution in [0, 0.1) is 5.92 Å². The van der Waals surface area contributed by atoms with Gasteiger partial charge in [0.1, 0.15) is 0 Å². The molecule has 0 bridgehead atoms. The van der Waals surface area contributed by atoms with E-state index >= 15 is 0 Å². The number of aliphatic hydroxyl groups is 1. The van der Waals surface area contributed by atoms with Crippen molar-refractivity contribution >= 4 is 21.6 Å². The fourth-order valence-corrected chi connectivity index (χ4v) is 4.51. The lowest BCUT2D eigenvalue weighted by atomic mass is 9.85. The molecule has 4 nitrogen and oxygen atoms in total. The molecule has 1 atom stereocenters. The number of rotatable bonds is 5. The minimum Gasteiger partial charge on any atom is -0.392 e. The number of aliphatic hydroxyl groups excluding tert-OH is 1. The van der Waals surface area contributed by atoms with Crippen molar-refractivity contribution in [3.05, 3.63) is 28.8 Å². The number of nitrogens with one attached hydrogen (secondary N) is 1. The van der Waals surface area contributed by atoms with Gasteiger partial charge >= 0.3 is 0 Å². The molecule has 0 aromatic heterocycles. The van der Waals surface area contributed by atoms with Gasteiger partial charge in [0.25, 0.3) is 0 Å². The summed E-state index contributed by atoms with van der Waals surface area (Å²) in [7, 11) is -3.57. The van der Waals surface area contributed by atoms with Crippen LogP contribution in [0.3, 0.4) is 0 Å². The highest BCUT2D eigenvalue weighted by Gasteiger charge is 2.25. The summed E-state index contributed by atoms with van der Waals surface area (Å²) in [5.41, 5.74) is 0.524. The van der Waals surface area contributed by atoms with Gasteiger partial charge in [-0.15, -0.1) is 0 Å². The second-order valence-electron chi connectivity index (χ2n) is 5.72. The highest BCUT2D eigenvalue weighted by Crippen LogP contribution is 2.27. The fraction of sp³-hybridized carbons (Fsp3) is 0.600. The first kappa shape index (κ1) is 16.7. The van der Waals surface area contributed by atoms with Crippen LogP contribution in [-0.2, 0) is 16.6 Å². The smallest absolute Gasteiger partial charge is 0.240 e. The number of benzene rings is 1. The molecule has 1 aliphatic rings. The maximum atomic E-state index is 12.4. The molecule has 0 saturated heterocycles. The minimum atomic E-state index is -3.57. The molecule has 21 heavy (non-hydrogen) atoms. The third kappa shape index (κ3) is 4.19. The van der Waals surface area contributed by atoms with Crippen LogP contribution in [-0.4, -0.2) is 19.6 Å². The van der Waals surface area contributed by atoms with Crippen molar-refractivity contribution < 1.29 is 13.5 Å². The molecule has 0 radical (unpaired) electrons. The third-order valence-corrected chi connectivity index (χ3v) is 6.11. The van der Waals surface area contributed by atoms with E-state index in [-0.39, 0.29) is 22.6 Å². The lowest BCUT2D eigenvalue weighted by Gasteiger charge is -2.28. The fourth-order valence-electron chi connectivity index (χ4n) is 2.87. The lowest BCUT2D eigenvalue weighted by Crippen LogP contribution is -2.38. The Balaban J connectivity index is 2.12. The molecular weight excluding hydrogens is 310 g/mol. The predicted octanol–water partition coefficient (Wildman–Crippen LogP) is 3.08. The van der Waals surface area contributed by atoms with Gasteiger partial charge in [0.2, 0.25) is 10.0 Å². The summed E-state index contributed by atoms with van der Waals surface area (Å²) in [5.74, 6) is 0.403. The summed E-state index contributed by atoms with van der Waals surface area (Å²) in [6.45, 7) is 1.72. The van der Waals surface area contributed by atoms with Crippen LogP contribution in [0.5, 0.6) is 0 Å². The van der Waals surface area contributed by atoms with Crippen LogP contribution in [0.2, 0.25) is 5.02 Å². The van der Waals surface area contributed by atoms with Gasteiger partial charge in [0.15, 0.2) is 0 Å². The largest absolute Gasteiger partial charge is 0.392 e. The number of halogens is 1. The van der Waals surface area contributed by atoms with Crippen molar-refractivity contribution in [1.29, 1.82) is 0 Å². The molecule has 0 spiro atoms. The second-order valence-corrected chi connectivity index (χ2v) is 7.84. The Morgan fingerprint density at radius 1 is 1.33 bits per heavy atom.